The molecule has 0 radical (unpaired) electrons. The highest BCUT2D eigenvalue weighted by atomic mass is 14.3. The molecule has 0 atom stereocenters. The Hall–Kier alpha value is -4.40. The number of nitriles is 2. The molecule has 0 fully saturated rings. The molecule has 0 spiro atoms. The molecule has 6 aromatic carbocycles. The van der Waals surface area contributed by atoms with Gasteiger partial charge >= 0.3 is 0 Å². The van der Waals surface area contributed by atoms with Gasteiger partial charge in [0.1, 0.15) is 12.1 Å². The van der Waals surface area contributed by atoms with E-state index in [1.54, 1.807) is 0 Å². The van der Waals surface area contributed by atoms with E-state index in [2.05, 4.69) is 60.7 Å². The number of hydrogen-bond acceptors (Lipinski definition) is 2. The lowest BCUT2D eigenvalue weighted by Crippen LogP contribution is -1.90. The summed E-state index contributed by atoms with van der Waals surface area (Å²) in [6.07, 6.45) is 0. The Morgan fingerprint density at radius 2 is 0.867 bits per heavy atom. The van der Waals surface area contributed by atoms with Crippen molar-refractivity contribution in [1.29, 1.82) is 10.5 Å². The molecule has 6 rings (SSSR count). The van der Waals surface area contributed by atoms with E-state index >= 15 is 0 Å². The Labute approximate surface area is 172 Å². The molecular formula is C28H14N2. The zero-order valence-electron chi connectivity index (χ0n) is 16.0. The van der Waals surface area contributed by atoms with Crippen LogP contribution in [0.1, 0.15) is 11.1 Å². The van der Waals surface area contributed by atoms with Crippen molar-refractivity contribution in [1.82, 2.24) is 0 Å². The van der Waals surface area contributed by atoms with Crippen molar-refractivity contribution in [2.24, 2.45) is 0 Å². The molecule has 0 aromatic heterocycles. The Bertz CT molecular complexity index is 1630. The Balaban J connectivity index is 2.04. The second kappa shape index (κ2) is 6.05. The second-order valence-electron chi connectivity index (χ2n) is 7.59. The van der Waals surface area contributed by atoms with Gasteiger partial charge in [-0.2, -0.15) is 10.5 Å². The monoisotopic (exact) mass is 378 g/mol. The lowest BCUT2D eigenvalue weighted by molar-refractivity contribution is 1.45. The van der Waals surface area contributed by atoms with Gasteiger partial charge in [0.2, 0.25) is 0 Å². The van der Waals surface area contributed by atoms with Gasteiger partial charge in [-0.15, -0.1) is 0 Å². The van der Waals surface area contributed by atoms with Crippen LogP contribution in [0, 0.1) is 22.7 Å². The van der Waals surface area contributed by atoms with Crippen molar-refractivity contribution in [3.05, 3.63) is 96.1 Å². The van der Waals surface area contributed by atoms with Gasteiger partial charge in [-0.1, -0.05) is 72.8 Å². The van der Waals surface area contributed by atoms with Crippen molar-refractivity contribution in [2.75, 3.05) is 0 Å². The zero-order valence-corrected chi connectivity index (χ0v) is 16.0. The maximum Gasteiger partial charge on any atom is 0.101 e. The van der Waals surface area contributed by atoms with E-state index in [9.17, 15) is 10.5 Å². The summed E-state index contributed by atoms with van der Waals surface area (Å²) in [7, 11) is 0. The van der Waals surface area contributed by atoms with Crippen LogP contribution in [0.25, 0.3) is 53.9 Å². The van der Waals surface area contributed by atoms with Gasteiger partial charge in [0.15, 0.2) is 0 Å². The van der Waals surface area contributed by atoms with E-state index in [-0.39, 0.29) is 0 Å². The fourth-order valence-corrected chi connectivity index (χ4v) is 4.77. The summed E-state index contributed by atoms with van der Waals surface area (Å²) in [5, 5.41) is 30.6. The number of nitrogens with zero attached hydrogens (tertiary/aromatic N) is 2. The van der Waals surface area contributed by atoms with Gasteiger partial charge in [-0.25, -0.2) is 0 Å². The van der Waals surface area contributed by atoms with Crippen LogP contribution in [0.4, 0.5) is 0 Å². The van der Waals surface area contributed by atoms with Crippen LogP contribution in [-0.4, -0.2) is 0 Å². The van der Waals surface area contributed by atoms with Crippen molar-refractivity contribution in [2.45, 2.75) is 0 Å². The molecule has 0 heterocycles. The summed E-state index contributed by atoms with van der Waals surface area (Å²) in [5.74, 6) is 0. The third-order valence-corrected chi connectivity index (χ3v) is 6.09. The molecule has 0 aliphatic carbocycles. The number of hydrogen-bond donors (Lipinski definition) is 0. The van der Waals surface area contributed by atoms with Crippen LogP contribution in [0.15, 0.2) is 84.9 Å². The fourth-order valence-electron chi connectivity index (χ4n) is 4.77. The molecule has 0 aliphatic rings. The average Bonchev–Trinajstić information content (AvgIpc) is 2.82. The molecule has 30 heavy (non-hydrogen) atoms. The Kier molecular flexibility index (Phi) is 3.33. The Morgan fingerprint density at radius 3 is 1.30 bits per heavy atom. The highest BCUT2D eigenvalue weighted by Crippen LogP contribution is 2.42. The minimum absolute atomic E-state index is 0.416. The summed E-state index contributed by atoms with van der Waals surface area (Å²) in [5.41, 5.74) is 0.831. The Morgan fingerprint density at radius 1 is 0.433 bits per heavy atom. The summed E-state index contributed by atoms with van der Waals surface area (Å²) in [6, 6.07) is 33.6. The number of fused-ring (bicyclic) bond motifs is 10. The number of rotatable bonds is 0. The molecule has 6 aromatic rings. The molecule has 0 N–H and O–H groups in total. The average molecular weight is 378 g/mol. The third-order valence-electron chi connectivity index (χ3n) is 6.09. The van der Waals surface area contributed by atoms with Crippen LogP contribution >= 0.6 is 0 Å². The van der Waals surface area contributed by atoms with Crippen molar-refractivity contribution in [3.8, 4) is 12.1 Å². The van der Waals surface area contributed by atoms with Gasteiger partial charge in [-0.05, 0) is 66.0 Å². The van der Waals surface area contributed by atoms with Gasteiger partial charge in [0.05, 0.1) is 11.1 Å². The normalized spacial score (nSPS) is 11.3. The molecular weight excluding hydrogens is 364 g/mol. The largest absolute Gasteiger partial charge is 0.192 e. The summed E-state index contributed by atoms with van der Waals surface area (Å²) >= 11 is 0. The van der Waals surface area contributed by atoms with Crippen molar-refractivity contribution < 1.29 is 0 Å². The van der Waals surface area contributed by atoms with E-state index in [4.69, 9.17) is 0 Å². The van der Waals surface area contributed by atoms with E-state index in [0.29, 0.717) is 11.1 Å². The smallest absolute Gasteiger partial charge is 0.101 e. The summed E-state index contributed by atoms with van der Waals surface area (Å²) in [4.78, 5) is 0. The first kappa shape index (κ1) is 16.5. The molecule has 136 valence electrons. The van der Waals surface area contributed by atoms with Crippen LogP contribution in [0.2, 0.25) is 0 Å². The van der Waals surface area contributed by atoms with Crippen LogP contribution in [0.5, 0.6) is 0 Å². The van der Waals surface area contributed by atoms with Gasteiger partial charge in [0, 0.05) is 0 Å². The molecule has 0 saturated carbocycles. The van der Waals surface area contributed by atoms with E-state index in [1.807, 2.05) is 36.4 Å². The molecule has 0 unspecified atom stereocenters. The van der Waals surface area contributed by atoms with Crippen molar-refractivity contribution >= 4 is 53.9 Å². The fraction of sp³-hybridized carbons (Fsp3) is 0. The SMILES string of the molecule is N#Cc1cc2c(cc1C#N)c1c3ccccc3ccc1c1ccc3ccccc3c12. The maximum absolute atomic E-state index is 9.68. The maximum atomic E-state index is 9.68. The highest BCUT2D eigenvalue weighted by Gasteiger charge is 2.16. The first-order chi connectivity index (χ1) is 14.8. The van der Waals surface area contributed by atoms with E-state index in [1.165, 1.54) is 0 Å². The highest BCUT2D eigenvalue weighted by molar-refractivity contribution is 6.35. The predicted octanol–water partition coefficient (Wildman–Crippen LogP) is 7.20. The van der Waals surface area contributed by atoms with E-state index < -0.39 is 0 Å². The van der Waals surface area contributed by atoms with Gasteiger partial charge in [0.25, 0.3) is 0 Å². The number of benzene rings is 6. The molecule has 0 aliphatic heterocycles. The quantitative estimate of drug-likeness (QED) is 0.262. The molecule has 0 amide bonds. The second-order valence-corrected chi connectivity index (χ2v) is 7.59. The first-order valence-electron chi connectivity index (χ1n) is 9.83. The van der Waals surface area contributed by atoms with Crippen LogP contribution < -0.4 is 0 Å². The summed E-state index contributed by atoms with van der Waals surface area (Å²) in [6.45, 7) is 0. The predicted molar refractivity (Wildman–Crippen MR) is 123 cm³/mol. The van der Waals surface area contributed by atoms with Gasteiger partial charge in [-0.3, -0.25) is 0 Å². The molecule has 2 nitrogen and oxygen atoms in total. The standard InChI is InChI=1S/C28H14N2/c29-15-19-13-25-26(14-20(19)16-30)28-22-8-4-2-6-18(22)10-12-24(28)23-11-9-17-5-1-3-7-21(17)27(23)25/h1-14H. The van der Waals surface area contributed by atoms with Gasteiger partial charge < -0.3 is 0 Å². The molecule has 2 heteroatoms. The zero-order chi connectivity index (χ0) is 20.2. The summed E-state index contributed by atoms with van der Waals surface area (Å²) < 4.78 is 0. The third kappa shape index (κ3) is 2.11. The lowest BCUT2D eigenvalue weighted by atomic mass is 9.87. The van der Waals surface area contributed by atoms with E-state index in [0.717, 1.165) is 53.9 Å². The first-order valence-corrected chi connectivity index (χ1v) is 9.83. The van der Waals surface area contributed by atoms with Crippen molar-refractivity contribution in [3.63, 3.8) is 0 Å². The lowest BCUT2D eigenvalue weighted by Gasteiger charge is -2.15. The minimum Gasteiger partial charge on any atom is -0.192 e. The van der Waals surface area contributed by atoms with Crippen LogP contribution in [-0.2, 0) is 0 Å². The van der Waals surface area contributed by atoms with Crippen LogP contribution in [0.3, 0.4) is 0 Å². The minimum atomic E-state index is 0.416. The molecule has 0 bridgehead atoms. The molecule has 0 saturated heterocycles. The topological polar surface area (TPSA) is 47.6 Å².